The Bertz CT molecular complexity index is 305. The molecule has 0 fully saturated rings. The van der Waals surface area contributed by atoms with Crippen molar-refractivity contribution in [1.82, 2.24) is 0 Å². The first-order valence-corrected chi connectivity index (χ1v) is 4.90. The normalized spacial score (nSPS) is 11.9. The van der Waals surface area contributed by atoms with Crippen molar-refractivity contribution in [1.29, 1.82) is 0 Å². The van der Waals surface area contributed by atoms with Crippen molar-refractivity contribution in [3.63, 3.8) is 0 Å². The third-order valence-electron chi connectivity index (χ3n) is 2.37. The van der Waals surface area contributed by atoms with Gasteiger partial charge in [0.05, 0.1) is 0 Å². The van der Waals surface area contributed by atoms with Crippen molar-refractivity contribution in [2.24, 2.45) is 11.5 Å². The molecule has 4 heteroatoms. The Morgan fingerprint density at radius 1 is 1.40 bits per heavy atom. The lowest BCUT2D eigenvalue weighted by atomic mass is 10.0. The van der Waals surface area contributed by atoms with Crippen LogP contribution in [0.2, 0.25) is 0 Å². The van der Waals surface area contributed by atoms with E-state index in [2.05, 4.69) is 0 Å². The molecule has 1 aromatic carbocycles. The van der Waals surface area contributed by atoms with Gasteiger partial charge in [0.15, 0.2) is 0 Å². The molecule has 5 N–H and O–H groups in total. The van der Waals surface area contributed by atoms with Gasteiger partial charge in [0.25, 0.3) is 0 Å². The molecule has 0 saturated carbocycles. The van der Waals surface area contributed by atoms with Gasteiger partial charge in [0.1, 0.15) is 5.75 Å². The van der Waals surface area contributed by atoms with Crippen LogP contribution in [0.5, 0.6) is 5.75 Å². The first-order valence-electron chi connectivity index (χ1n) is 4.90. The summed E-state index contributed by atoms with van der Waals surface area (Å²) in [5, 5.41) is 9.34. The van der Waals surface area contributed by atoms with Crippen LogP contribution in [0.1, 0.15) is 30.0 Å². The van der Waals surface area contributed by atoms with Crippen molar-refractivity contribution < 1.29 is 5.11 Å². The lowest BCUT2D eigenvalue weighted by Crippen LogP contribution is -2.12. The first-order chi connectivity index (χ1) is 6.65. The maximum absolute atomic E-state index is 9.34. The highest BCUT2D eigenvalue weighted by atomic mass is 35.5. The molecule has 86 valence electrons. The van der Waals surface area contributed by atoms with E-state index in [1.54, 1.807) is 6.07 Å². The van der Waals surface area contributed by atoms with E-state index in [4.69, 9.17) is 11.5 Å². The fraction of sp³-hybridized carbons (Fsp3) is 0.455. The van der Waals surface area contributed by atoms with Crippen LogP contribution in [-0.4, -0.2) is 11.7 Å². The molecule has 3 nitrogen and oxygen atoms in total. The summed E-state index contributed by atoms with van der Waals surface area (Å²) in [4.78, 5) is 0. The molecule has 0 aliphatic carbocycles. The van der Waals surface area contributed by atoms with E-state index in [1.807, 2.05) is 19.1 Å². The number of aryl methyl sites for hydroxylation is 1. The number of aromatic hydroxyl groups is 1. The summed E-state index contributed by atoms with van der Waals surface area (Å²) in [5.74, 6) is 0.319. The molecule has 0 unspecified atom stereocenters. The zero-order valence-electron chi connectivity index (χ0n) is 8.94. The number of rotatable bonds is 4. The summed E-state index contributed by atoms with van der Waals surface area (Å²) in [6.45, 7) is 2.54. The minimum atomic E-state index is 0. The highest BCUT2D eigenvalue weighted by molar-refractivity contribution is 5.85. The van der Waals surface area contributed by atoms with Crippen LogP contribution in [0.25, 0.3) is 0 Å². The third-order valence-corrected chi connectivity index (χ3v) is 2.37. The predicted molar refractivity (Wildman–Crippen MR) is 65.3 cm³/mol. The number of benzene rings is 1. The quantitative estimate of drug-likeness (QED) is 0.739. The maximum atomic E-state index is 9.34. The summed E-state index contributed by atoms with van der Waals surface area (Å²) in [5.41, 5.74) is 13.3. The van der Waals surface area contributed by atoms with Crippen LogP contribution in [0.3, 0.4) is 0 Å². The summed E-state index contributed by atoms with van der Waals surface area (Å²) in [6, 6.07) is 5.50. The van der Waals surface area contributed by atoms with E-state index in [1.165, 1.54) is 0 Å². The Balaban J connectivity index is 0.00000196. The standard InChI is InChI=1S/C11H18N2O.ClH/c1-8-7-9(4-5-11(8)14)10(13)3-2-6-12;/h4-5,7,10,14H,2-3,6,12-13H2,1H3;1H/t10-;/m1./s1. The van der Waals surface area contributed by atoms with Gasteiger partial charge < -0.3 is 16.6 Å². The van der Waals surface area contributed by atoms with Gasteiger partial charge in [0.2, 0.25) is 0 Å². The molecule has 0 aromatic heterocycles. The molecule has 0 amide bonds. The van der Waals surface area contributed by atoms with Crippen molar-refractivity contribution in [3.05, 3.63) is 29.3 Å². The Kier molecular flexibility index (Phi) is 6.32. The second-order valence-corrected chi connectivity index (χ2v) is 3.58. The molecule has 1 atom stereocenters. The molecule has 0 aliphatic rings. The maximum Gasteiger partial charge on any atom is 0.118 e. The largest absolute Gasteiger partial charge is 0.508 e. The molecular formula is C11H19ClN2O. The van der Waals surface area contributed by atoms with E-state index in [0.717, 1.165) is 24.0 Å². The Hall–Kier alpha value is -0.770. The van der Waals surface area contributed by atoms with Gasteiger partial charge in [-0.25, -0.2) is 0 Å². The van der Waals surface area contributed by atoms with Gasteiger partial charge in [-0.15, -0.1) is 12.4 Å². The number of nitrogens with two attached hydrogens (primary N) is 2. The third kappa shape index (κ3) is 4.08. The average Bonchev–Trinajstić information content (AvgIpc) is 2.18. The first kappa shape index (κ1) is 14.2. The zero-order chi connectivity index (χ0) is 10.6. The fourth-order valence-corrected chi connectivity index (χ4v) is 1.41. The summed E-state index contributed by atoms with van der Waals surface area (Å²) in [7, 11) is 0. The Morgan fingerprint density at radius 3 is 2.60 bits per heavy atom. The van der Waals surface area contributed by atoms with Crippen molar-refractivity contribution in [2.45, 2.75) is 25.8 Å². The van der Waals surface area contributed by atoms with E-state index >= 15 is 0 Å². The highest BCUT2D eigenvalue weighted by Gasteiger charge is 2.06. The molecule has 0 saturated heterocycles. The van der Waals surface area contributed by atoms with Crippen molar-refractivity contribution in [3.8, 4) is 5.75 Å². The zero-order valence-corrected chi connectivity index (χ0v) is 9.76. The highest BCUT2D eigenvalue weighted by Crippen LogP contribution is 2.22. The summed E-state index contributed by atoms with van der Waals surface area (Å²) in [6.07, 6.45) is 1.82. The van der Waals surface area contributed by atoms with Gasteiger partial charge >= 0.3 is 0 Å². The Labute approximate surface area is 96.9 Å². The number of phenolic OH excluding ortho intramolecular Hbond substituents is 1. The van der Waals surface area contributed by atoms with Gasteiger partial charge in [0, 0.05) is 6.04 Å². The molecule has 15 heavy (non-hydrogen) atoms. The molecule has 0 spiro atoms. The predicted octanol–water partition coefficient (Wildman–Crippen LogP) is 1.86. The number of phenols is 1. The van der Waals surface area contributed by atoms with Gasteiger partial charge in [-0.1, -0.05) is 12.1 Å². The minimum absolute atomic E-state index is 0. The van der Waals surface area contributed by atoms with Gasteiger partial charge in [-0.2, -0.15) is 0 Å². The molecule has 0 radical (unpaired) electrons. The molecule has 1 aromatic rings. The lowest BCUT2D eigenvalue weighted by Gasteiger charge is -2.12. The van der Waals surface area contributed by atoms with Gasteiger partial charge in [-0.3, -0.25) is 0 Å². The summed E-state index contributed by atoms with van der Waals surface area (Å²) >= 11 is 0. The molecule has 0 bridgehead atoms. The fourth-order valence-electron chi connectivity index (χ4n) is 1.41. The average molecular weight is 231 g/mol. The SMILES string of the molecule is Cc1cc([C@H](N)CCCN)ccc1O.Cl. The second-order valence-electron chi connectivity index (χ2n) is 3.58. The number of hydrogen-bond donors (Lipinski definition) is 3. The van der Waals surface area contributed by atoms with Crippen LogP contribution in [0, 0.1) is 6.92 Å². The van der Waals surface area contributed by atoms with Crippen molar-refractivity contribution in [2.75, 3.05) is 6.54 Å². The number of halogens is 1. The van der Waals surface area contributed by atoms with Crippen LogP contribution in [0.15, 0.2) is 18.2 Å². The number of hydrogen-bond acceptors (Lipinski definition) is 3. The minimum Gasteiger partial charge on any atom is -0.508 e. The van der Waals surface area contributed by atoms with Crippen molar-refractivity contribution >= 4 is 12.4 Å². The van der Waals surface area contributed by atoms with E-state index in [9.17, 15) is 5.11 Å². The van der Waals surface area contributed by atoms with Crippen LogP contribution in [-0.2, 0) is 0 Å². The van der Waals surface area contributed by atoms with E-state index in [-0.39, 0.29) is 18.4 Å². The molecular weight excluding hydrogens is 212 g/mol. The topological polar surface area (TPSA) is 72.3 Å². The lowest BCUT2D eigenvalue weighted by molar-refractivity contribution is 0.470. The molecule has 0 aliphatic heterocycles. The monoisotopic (exact) mass is 230 g/mol. The van der Waals surface area contributed by atoms with Crippen LogP contribution < -0.4 is 11.5 Å². The van der Waals surface area contributed by atoms with E-state index in [0.29, 0.717) is 12.3 Å². The van der Waals surface area contributed by atoms with Crippen LogP contribution >= 0.6 is 12.4 Å². The summed E-state index contributed by atoms with van der Waals surface area (Å²) < 4.78 is 0. The Morgan fingerprint density at radius 2 is 2.07 bits per heavy atom. The van der Waals surface area contributed by atoms with E-state index < -0.39 is 0 Å². The second kappa shape index (κ2) is 6.67. The van der Waals surface area contributed by atoms with Crippen LogP contribution in [0.4, 0.5) is 0 Å². The molecule has 0 heterocycles. The molecule has 1 rings (SSSR count). The smallest absolute Gasteiger partial charge is 0.118 e. The van der Waals surface area contributed by atoms with Gasteiger partial charge in [-0.05, 0) is 43.5 Å².